The number of anilines is 1. The highest BCUT2D eigenvalue weighted by Crippen LogP contribution is 2.24. The van der Waals surface area contributed by atoms with Crippen LogP contribution >= 0.6 is 0 Å². The van der Waals surface area contributed by atoms with Crippen LogP contribution in [-0.2, 0) is 10.0 Å². The van der Waals surface area contributed by atoms with Crippen molar-refractivity contribution >= 4 is 15.7 Å². The minimum atomic E-state index is -3.61. The zero-order valence-electron chi connectivity index (χ0n) is 10.2. The molecule has 0 heterocycles. The van der Waals surface area contributed by atoms with Crippen molar-refractivity contribution in [2.45, 2.75) is 18.7 Å². The highest BCUT2D eigenvalue weighted by atomic mass is 32.2. The van der Waals surface area contributed by atoms with Crippen molar-refractivity contribution in [3.05, 3.63) is 23.3 Å². The second kappa shape index (κ2) is 4.78. The van der Waals surface area contributed by atoms with Gasteiger partial charge in [0.25, 0.3) is 0 Å². The van der Waals surface area contributed by atoms with Gasteiger partial charge in [0.15, 0.2) is 0 Å². The summed E-state index contributed by atoms with van der Waals surface area (Å²) in [4.78, 5) is 0.110. The Kier molecular flexibility index (Phi) is 3.81. The maximum Gasteiger partial charge on any atom is 0.245 e. The van der Waals surface area contributed by atoms with Crippen LogP contribution in [0.25, 0.3) is 0 Å². The van der Waals surface area contributed by atoms with E-state index in [0.717, 1.165) is 15.4 Å². The molecule has 0 aliphatic heterocycles. The zero-order valence-corrected chi connectivity index (χ0v) is 11.0. The molecule has 1 rings (SSSR count). The molecule has 0 saturated carbocycles. The summed E-state index contributed by atoms with van der Waals surface area (Å²) in [6.45, 7) is 3.75. The Bertz CT molecular complexity index is 571. The Labute approximate surface area is 102 Å². The average Bonchev–Trinajstić information content (AvgIpc) is 2.23. The topological polar surface area (TPSA) is 63.4 Å². The number of benzene rings is 1. The van der Waals surface area contributed by atoms with Gasteiger partial charge in [-0.15, -0.1) is 6.42 Å². The lowest BCUT2D eigenvalue weighted by Crippen LogP contribution is -2.28. The smallest absolute Gasteiger partial charge is 0.245 e. The lowest BCUT2D eigenvalue weighted by molar-refractivity contribution is 0.503. The van der Waals surface area contributed by atoms with E-state index in [4.69, 9.17) is 12.2 Å². The minimum Gasteiger partial charge on any atom is -0.398 e. The fourth-order valence-corrected chi connectivity index (χ4v) is 2.68. The molecule has 0 radical (unpaired) electrons. The normalized spacial score (nSPS) is 11.5. The van der Waals surface area contributed by atoms with Gasteiger partial charge in [0.2, 0.25) is 10.0 Å². The van der Waals surface area contributed by atoms with Crippen molar-refractivity contribution in [1.29, 1.82) is 0 Å². The Morgan fingerprint density at radius 1 is 1.35 bits per heavy atom. The van der Waals surface area contributed by atoms with Gasteiger partial charge >= 0.3 is 0 Å². The van der Waals surface area contributed by atoms with E-state index in [1.807, 2.05) is 13.8 Å². The number of rotatable bonds is 3. The number of nitrogens with two attached hydrogens (primary N) is 1. The SMILES string of the molecule is C#CCN(C)S(=O)(=O)c1cc(C)c(C)cc1N. The summed E-state index contributed by atoms with van der Waals surface area (Å²) in [5.41, 5.74) is 7.84. The summed E-state index contributed by atoms with van der Waals surface area (Å²) in [6, 6.07) is 3.24. The summed E-state index contributed by atoms with van der Waals surface area (Å²) >= 11 is 0. The molecule has 0 aliphatic carbocycles. The fourth-order valence-electron chi connectivity index (χ4n) is 1.42. The molecule has 0 amide bonds. The van der Waals surface area contributed by atoms with Crippen LogP contribution in [0.2, 0.25) is 0 Å². The van der Waals surface area contributed by atoms with Crippen LogP contribution in [0.1, 0.15) is 11.1 Å². The molecule has 1 aromatic carbocycles. The quantitative estimate of drug-likeness (QED) is 0.648. The van der Waals surface area contributed by atoms with E-state index in [0.29, 0.717) is 0 Å². The van der Waals surface area contributed by atoms with Gasteiger partial charge in [-0.3, -0.25) is 0 Å². The van der Waals surface area contributed by atoms with Crippen molar-refractivity contribution in [1.82, 2.24) is 4.31 Å². The maximum atomic E-state index is 12.2. The summed E-state index contributed by atoms with van der Waals surface area (Å²) in [5.74, 6) is 2.29. The molecule has 0 aliphatic rings. The standard InChI is InChI=1S/C12H16N2O2S/c1-5-6-14(4)17(15,16)12-8-10(3)9(2)7-11(12)13/h1,7-8H,6,13H2,2-4H3. The van der Waals surface area contributed by atoms with E-state index in [2.05, 4.69) is 5.92 Å². The van der Waals surface area contributed by atoms with Crippen molar-refractivity contribution in [3.63, 3.8) is 0 Å². The van der Waals surface area contributed by atoms with Crippen LogP contribution in [0.15, 0.2) is 17.0 Å². The highest BCUT2D eigenvalue weighted by molar-refractivity contribution is 7.89. The molecule has 2 N–H and O–H groups in total. The number of nitrogen functional groups attached to an aromatic ring is 1. The van der Waals surface area contributed by atoms with Crippen LogP contribution in [0.4, 0.5) is 5.69 Å². The number of nitrogens with zero attached hydrogens (tertiary/aromatic N) is 1. The van der Waals surface area contributed by atoms with Gasteiger partial charge in [-0.2, -0.15) is 4.31 Å². The zero-order chi connectivity index (χ0) is 13.2. The van der Waals surface area contributed by atoms with Gasteiger partial charge in [0.05, 0.1) is 12.2 Å². The first-order valence-corrected chi connectivity index (χ1v) is 6.51. The van der Waals surface area contributed by atoms with Crippen LogP contribution < -0.4 is 5.73 Å². The third-order valence-electron chi connectivity index (χ3n) is 2.63. The van der Waals surface area contributed by atoms with Gasteiger partial charge in [0, 0.05) is 7.05 Å². The molecular weight excluding hydrogens is 236 g/mol. The molecule has 0 unspecified atom stereocenters. The Morgan fingerprint density at radius 2 is 1.88 bits per heavy atom. The first-order valence-electron chi connectivity index (χ1n) is 5.07. The maximum absolute atomic E-state index is 12.2. The molecule has 0 bridgehead atoms. The van der Waals surface area contributed by atoms with Crippen LogP contribution in [-0.4, -0.2) is 26.3 Å². The van der Waals surface area contributed by atoms with Gasteiger partial charge < -0.3 is 5.73 Å². The minimum absolute atomic E-state index is 0.0225. The van der Waals surface area contributed by atoms with E-state index in [1.54, 1.807) is 12.1 Å². The van der Waals surface area contributed by atoms with Crippen molar-refractivity contribution in [2.24, 2.45) is 0 Å². The molecule has 0 saturated heterocycles. The van der Waals surface area contributed by atoms with Gasteiger partial charge in [-0.05, 0) is 37.1 Å². The number of terminal acetylenes is 1. The lowest BCUT2D eigenvalue weighted by atomic mass is 10.1. The third-order valence-corrected chi connectivity index (χ3v) is 4.49. The average molecular weight is 252 g/mol. The monoisotopic (exact) mass is 252 g/mol. The van der Waals surface area contributed by atoms with Gasteiger partial charge in [-0.1, -0.05) is 5.92 Å². The Morgan fingerprint density at radius 3 is 2.41 bits per heavy atom. The van der Waals surface area contributed by atoms with E-state index in [-0.39, 0.29) is 17.1 Å². The number of hydrogen-bond acceptors (Lipinski definition) is 3. The second-order valence-electron chi connectivity index (χ2n) is 3.94. The molecule has 0 aromatic heterocycles. The van der Waals surface area contributed by atoms with Gasteiger partial charge in [0.1, 0.15) is 4.90 Å². The molecule has 0 atom stereocenters. The van der Waals surface area contributed by atoms with Crippen LogP contribution in [0, 0.1) is 26.2 Å². The summed E-state index contributed by atoms with van der Waals surface area (Å²) in [5, 5.41) is 0. The van der Waals surface area contributed by atoms with E-state index in [9.17, 15) is 8.42 Å². The van der Waals surface area contributed by atoms with Crippen LogP contribution in [0.3, 0.4) is 0 Å². The molecular formula is C12H16N2O2S. The molecule has 1 aromatic rings. The molecule has 0 fully saturated rings. The van der Waals surface area contributed by atoms with Crippen molar-refractivity contribution < 1.29 is 8.42 Å². The number of aryl methyl sites for hydroxylation is 2. The first kappa shape index (κ1) is 13.6. The van der Waals surface area contributed by atoms with E-state index in [1.165, 1.54) is 7.05 Å². The van der Waals surface area contributed by atoms with Crippen LogP contribution in [0.5, 0.6) is 0 Å². The summed E-state index contributed by atoms with van der Waals surface area (Å²) in [6.07, 6.45) is 5.11. The van der Waals surface area contributed by atoms with Gasteiger partial charge in [-0.25, -0.2) is 8.42 Å². The third kappa shape index (κ3) is 2.60. The first-order chi connectivity index (χ1) is 7.80. The number of sulfonamides is 1. The number of hydrogen-bond donors (Lipinski definition) is 1. The fraction of sp³-hybridized carbons (Fsp3) is 0.333. The van der Waals surface area contributed by atoms with Crippen molar-refractivity contribution in [3.8, 4) is 12.3 Å². The van der Waals surface area contributed by atoms with E-state index >= 15 is 0 Å². The Hall–Kier alpha value is -1.51. The Balaban J connectivity index is 3.35. The summed E-state index contributed by atoms with van der Waals surface area (Å²) < 4.78 is 25.4. The molecule has 0 spiro atoms. The lowest BCUT2D eigenvalue weighted by Gasteiger charge is -2.17. The largest absolute Gasteiger partial charge is 0.398 e. The predicted molar refractivity (Wildman–Crippen MR) is 69.0 cm³/mol. The van der Waals surface area contributed by atoms with E-state index < -0.39 is 10.0 Å². The predicted octanol–water partition coefficient (Wildman–Crippen LogP) is 1.14. The molecule has 92 valence electrons. The molecule has 4 nitrogen and oxygen atoms in total. The summed E-state index contributed by atoms with van der Waals surface area (Å²) in [7, 11) is -2.17. The highest BCUT2D eigenvalue weighted by Gasteiger charge is 2.23. The molecule has 17 heavy (non-hydrogen) atoms. The second-order valence-corrected chi connectivity index (χ2v) is 5.95. The molecule has 5 heteroatoms. The van der Waals surface area contributed by atoms with Crippen molar-refractivity contribution in [2.75, 3.05) is 19.3 Å².